The third kappa shape index (κ3) is 1.64. The summed E-state index contributed by atoms with van der Waals surface area (Å²) in [6.07, 6.45) is 1.47. The van der Waals surface area contributed by atoms with Gasteiger partial charge in [-0.1, -0.05) is 18.2 Å². The van der Waals surface area contributed by atoms with Gasteiger partial charge in [0.2, 0.25) is 10.0 Å². The second kappa shape index (κ2) is 3.80. The molecule has 6 heteroatoms. The smallest absolute Gasteiger partial charge is 0.305 e. The number of nitrogens with zero attached hydrogens (tertiary/aromatic N) is 1. The quantitative estimate of drug-likeness (QED) is 0.897. The second-order valence-electron chi connectivity index (χ2n) is 4.72. The fourth-order valence-corrected chi connectivity index (χ4v) is 4.66. The van der Waals surface area contributed by atoms with Gasteiger partial charge in [-0.25, -0.2) is 8.42 Å². The minimum Gasteiger partial charge on any atom is -0.481 e. The van der Waals surface area contributed by atoms with Crippen molar-refractivity contribution in [3.05, 3.63) is 29.8 Å². The maximum atomic E-state index is 12.4. The van der Waals surface area contributed by atoms with Crippen LogP contribution in [0.25, 0.3) is 0 Å². The van der Waals surface area contributed by atoms with E-state index < -0.39 is 22.0 Å². The van der Waals surface area contributed by atoms with Crippen molar-refractivity contribution in [2.75, 3.05) is 0 Å². The van der Waals surface area contributed by atoms with Crippen molar-refractivity contribution in [2.45, 2.75) is 36.2 Å². The first-order valence-corrected chi connectivity index (χ1v) is 7.30. The van der Waals surface area contributed by atoms with E-state index >= 15 is 0 Å². The Kier molecular flexibility index (Phi) is 2.46. The Morgan fingerprint density at radius 1 is 1.33 bits per heavy atom. The van der Waals surface area contributed by atoms with Crippen molar-refractivity contribution >= 4 is 16.0 Å². The van der Waals surface area contributed by atoms with Crippen molar-refractivity contribution in [3.63, 3.8) is 0 Å². The van der Waals surface area contributed by atoms with E-state index in [1.807, 2.05) is 0 Å². The van der Waals surface area contributed by atoms with Gasteiger partial charge in [0.05, 0.1) is 17.4 Å². The molecule has 1 heterocycles. The number of rotatable bonds is 3. The Labute approximate surface area is 105 Å². The van der Waals surface area contributed by atoms with Gasteiger partial charge in [-0.3, -0.25) is 4.79 Å². The summed E-state index contributed by atoms with van der Waals surface area (Å²) in [6, 6.07) is 6.12. The lowest BCUT2D eigenvalue weighted by Crippen LogP contribution is -2.31. The Bertz CT molecular complexity index is 606. The van der Waals surface area contributed by atoms with Crippen LogP contribution in [0.2, 0.25) is 0 Å². The Morgan fingerprint density at radius 2 is 2.00 bits per heavy atom. The summed E-state index contributed by atoms with van der Waals surface area (Å²) in [5.74, 6) is -0.974. The monoisotopic (exact) mass is 267 g/mol. The van der Waals surface area contributed by atoms with E-state index in [0.29, 0.717) is 5.56 Å². The van der Waals surface area contributed by atoms with Crippen molar-refractivity contribution in [2.24, 2.45) is 0 Å². The Balaban J connectivity index is 2.13. The molecule has 5 nitrogen and oxygen atoms in total. The van der Waals surface area contributed by atoms with Gasteiger partial charge in [0.1, 0.15) is 0 Å². The van der Waals surface area contributed by atoms with Crippen LogP contribution in [0.15, 0.2) is 29.2 Å². The summed E-state index contributed by atoms with van der Waals surface area (Å²) < 4.78 is 26.2. The minimum atomic E-state index is -3.51. The number of benzene rings is 1. The van der Waals surface area contributed by atoms with Gasteiger partial charge in [0.15, 0.2) is 0 Å². The van der Waals surface area contributed by atoms with E-state index in [-0.39, 0.29) is 17.4 Å². The van der Waals surface area contributed by atoms with Gasteiger partial charge in [-0.2, -0.15) is 4.31 Å². The Morgan fingerprint density at radius 3 is 2.61 bits per heavy atom. The standard InChI is InChI=1S/C12H13NO4S/c14-12(15)7-10-9-3-1-2-4-11(9)18(16,17)13(10)8-5-6-8/h1-4,8,10H,5-7H2,(H,14,15)/t10-/m0/s1. The molecule has 96 valence electrons. The van der Waals surface area contributed by atoms with Gasteiger partial charge in [0.25, 0.3) is 0 Å². The van der Waals surface area contributed by atoms with Gasteiger partial charge in [-0.05, 0) is 24.5 Å². The first-order chi connectivity index (χ1) is 8.51. The van der Waals surface area contributed by atoms with Crippen LogP contribution < -0.4 is 0 Å². The van der Waals surface area contributed by atoms with Crippen LogP contribution in [0.3, 0.4) is 0 Å². The van der Waals surface area contributed by atoms with Gasteiger partial charge in [0, 0.05) is 6.04 Å². The largest absolute Gasteiger partial charge is 0.481 e. The number of carboxylic acid groups (broad SMARTS) is 1. The van der Waals surface area contributed by atoms with Crippen molar-refractivity contribution in [3.8, 4) is 0 Å². The molecule has 0 spiro atoms. The molecule has 3 rings (SSSR count). The number of hydrogen-bond donors (Lipinski definition) is 1. The fraction of sp³-hybridized carbons (Fsp3) is 0.417. The van der Waals surface area contributed by atoms with E-state index in [2.05, 4.69) is 0 Å². The van der Waals surface area contributed by atoms with Crippen LogP contribution >= 0.6 is 0 Å². The molecule has 2 aliphatic rings. The third-order valence-corrected chi connectivity index (χ3v) is 5.45. The number of sulfonamides is 1. The summed E-state index contributed by atoms with van der Waals surface area (Å²) in [5.41, 5.74) is 0.617. The Hall–Kier alpha value is -1.40. The molecule has 1 aromatic rings. The van der Waals surface area contributed by atoms with Crippen LogP contribution in [-0.4, -0.2) is 29.8 Å². The number of carbonyl (C=O) groups is 1. The lowest BCUT2D eigenvalue weighted by Gasteiger charge is -2.21. The van der Waals surface area contributed by atoms with Crippen LogP contribution in [-0.2, 0) is 14.8 Å². The lowest BCUT2D eigenvalue weighted by molar-refractivity contribution is -0.138. The number of aliphatic carboxylic acids is 1. The molecule has 0 radical (unpaired) electrons. The second-order valence-corrected chi connectivity index (χ2v) is 6.53. The van der Waals surface area contributed by atoms with Gasteiger partial charge >= 0.3 is 5.97 Å². The van der Waals surface area contributed by atoms with Crippen molar-refractivity contribution in [1.29, 1.82) is 0 Å². The maximum absolute atomic E-state index is 12.4. The zero-order chi connectivity index (χ0) is 12.9. The summed E-state index contributed by atoms with van der Waals surface area (Å²) >= 11 is 0. The molecule has 0 saturated heterocycles. The predicted octanol–water partition coefficient (Wildman–Crippen LogP) is 1.37. The molecule has 1 fully saturated rings. The zero-order valence-corrected chi connectivity index (χ0v) is 10.4. The molecule has 0 bridgehead atoms. The highest BCUT2D eigenvalue weighted by atomic mass is 32.2. The van der Waals surface area contributed by atoms with E-state index in [4.69, 9.17) is 5.11 Å². The summed E-state index contributed by atoms with van der Waals surface area (Å²) in [6.45, 7) is 0. The summed E-state index contributed by atoms with van der Waals surface area (Å²) in [4.78, 5) is 11.2. The number of carboxylic acids is 1. The zero-order valence-electron chi connectivity index (χ0n) is 9.61. The van der Waals surface area contributed by atoms with Crippen LogP contribution in [0.4, 0.5) is 0 Å². The molecule has 0 amide bonds. The molecule has 18 heavy (non-hydrogen) atoms. The van der Waals surface area contributed by atoms with Crippen molar-refractivity contribution < 1.29 is 18.3 Å². The lowest BCUT2D eigenvalue weighted by atomic mass is 10.0. The normalized spacial score (nSPS) is 25.9. The SMILES string of the molecule is O=C(O)C[C@H]1c2ccccc2S(=O)(=O)N1C1CC1. The number of fused-ring (bicyclic) bond motifs is 1. The maximum Gasteiger partial charge on any atom is 0.305 e. The molecule has 1 saturated carbocycles. The van der Waals surface area contributed by atoms with E-state index in [1.54, 1.807) is 24.3 Å². The molecule has 0 unspecified atom stereocenters. The molecular formula is C12H13NO4S. The molecule has 1 aliphatic heterocycles. The van der Waals surface area contributed by atoms with E-state index in [0.717, 1.165) is 12.8 Å². The third-order valence-electron chi connectivity index (χ3n) is 3.42. The average Bonchev–Trinajstić information content (AvgIpc) is 3.08. The molecule has 1 atom stereocenters. The predicted molar refractivity (Wildman–Crippen MR) is 63.5 cm³/mol. The highest BCUT2D eigenvalue weighted by molar-refractivity contribution is 7.89. The molecular weight excluding hydrogens is 254 g/mol. The number of hydrogen-bond acceptors (Lipinski definition) is 3. The first kappa shape index (κ1) is 11.7. The molecule has 0 aromatic heterocycles. The topological polar surface area (TPSA) is 74.7 Å². The molecule has 1 aromatic carbocycles. The van der Waals surface area contributed by atoms with Crippen LogP contribution in [0.1, 0.15) is 30.9 Å². The fourth-order valence-electron chi connectivity index (χ4n) is 2.55. The highest BCUT2D eigenvalue weighted by Gasteiger charge is 2.49. The highest BCUT2D eigenvalue weighted by Crippen LogP contribution is 2.47. The average molecular weight is 267 g/mol. The van der Waals surface area contributed by atoms with Crippen LogP contribution in [0, 0.1) is 0 Å². The van der Waals surface area contributed by atoms with Crippen molar-refractivity contribution in [1.82, 2.24) is 4.31 Å². The summed E-state index contributed by atoms with van der Waals surface area (Å²) in [5, 5.41) is 8.97. The first-order valence-electron chi connectivity index (χ1n) is 5.86. The molecule has 1 aliphatic carbocycles. The van der Waals surface area contributed by atoms with Gasteiger partial charge in [-0.15, -0.1) is 0 Å². The van der Waals surface area contributed by atoms with Crippen LogP contribution in [0.5, 0.6) is 0 Å². The summed E-state index contributed by atoms with van der Waals surface area (Å²) in [7, 11) is -3.51. The van der Waals surface area contributed by atoms with E-state index in [9.17, 15) is 13.2 Å². The van der Waals surface area contributed by atoms with E-state index in [1.165, 1.54) is 4.31 Å². The molecule has 1 N–H and O–H groups in total. The van der Waals surface area contributed by atoms with Gasteiger partial charge < -0.3 is 5.11 Å². The minimum absolute atomic E-state index is 0.0215.